The number of hydrogen-bond donors (Lipinski definition) is 0. The van der Waals surface area contributed by atoms with Crippen LogP contribution in [0.15, 0.2) is 59.6 Å². The first-order chi connectivity index (χ1) is 11.5. The number of nitrogens with zero attached hydrogens (tertiary/aromatic N) is 2. The van der Waals surface area contributed by atoms with Gasteiger partial charge in [0.1, 0.15) is 6.10 Å². The van der Waals surface area contributed by atoms with Gasteiger partial charge in [0, 0.05) is 18.7 Å². The highest BCUT2D eigenvalue weighted by atomic mass is 32.2. The number of aromatic nitrogens is 1. The third-order valence-corrected chi connectivity index (χ3v) is 5.54. The molecule has 0 spiro atoms. The predicted octanol–water partition coefficient (Wildman–Crippen LogP) is 1.54. The molecule has 1 aromatic heterocycles. The van der Waals surface area contributed by atoms with Crippen LogP contribution in [0, 0.1) is 0 Å². The molecule has 24 heavy (non-hydrogen) atoms. The standard InChI is InChI=1S/C17H18N2O4S/c20-17(9-11-24(21,22)15-6-2-1-3-7-15)19-12-14(13-19)23-16-8-4-5-10-18-16/h1-8,10,14H,9,11-13H2. The number of ether oxygens (including phenoxy) is 1. The molecule has 1 saturated heterocycles. The fraction of sp³-hybridized carbons (Fsp3) is 0.294. The summed E-state index contributed by atoms with van der Waals surface area (Å²) in [4.78, 5) is 18.0. The molecule has 2 heterocycles. The fourth-order valence-electron chi connectivity index (χ4n) is 2.43. The number of carbonyl (C=O) groups excluding carboxylic acids is 1. The van der Waals surface area contributed by atoms with Crippen LogP contribution in [0.2, 0.25) is 0 Å². The lowest BCUT2D eigenvalue weighted by atomic mass is 10.1. The van der Waals surface area contributed by atoms with Gasteiger partial charge in [0.2, 0.25) is 11.8 Å². The normalized spacial score (nSPS) is 14.9. The second-order valence-corrected chi connectivity index (χ2v) is 7.70. The number of pyridine rings is 1. The highest BCUT2D eigenvalue weighted by molar-refractivity contribution is 7.91. The summed E-state index contributed by atoms with van der Waals surface area (Å²) in [6.07, 6.45) is 1.54. The molecule has 1 aromatic carbocycles. The molecule has 0 atom stereocenters. The van der Waals surface area contributed by atoms with E-state index < -0.39 is 9.84 Å². The van der Waals surface area contributed by atoms with Crippen molar-refractivity contribution in [1.82, 2.24) is 9.88 Å². The van der Waals surface area contributed by atoms with Gasteiger partial charge in [0.25, 0.3) is 0 Å². The summed E-state index contributed by atoms with van der Waals surface area (Å²) in [5, 5.41) is 0. The van der Waals surface area contributed by atoms with Crippen LogP contribution in [0.5, 0.6) is 5.88 Å². The predicted molar refractivity (Wildman–Crippen MR) is 88.3 cm³/mol. The van der Waals surface area contributed by atoms with E-state index >= 15 is 0 Å². The quantitative estimate of drug-likeness (QED) is 0.793. The Morgan fingerprint density at radius 3 is 2.50 bits per heavy atom. The number of benzene rings is 1. The molecule has 126 valence electrons. The second kappa shape index (κ2) is 7.00. The Morgan fingerprint density at radius 1 is 1.12 bits per heavy atom. The van der Waals surface area contributed by atoms with Crippen molar-refractivity contribution in [2.75, 3.05) is 18.8 Å². The van der Waals surface area contributed by atoms with Crippen LogP contribution in [0.3, 0.4) is 0 Å². The lowest BCUT2D eigenvalue weighted by Crippen LogP contribution is -2.56. The monoisotopic (exact) mass is 346 g/mol. The van der Waals surface area contributed by atoms with Gasteiger partial charge in [0.05, 0.1) is 23.7 Å². The third kappa shape index (κ3) is 3.91. The Hall–Kier alpha value is -2.41. The van der Waals surface area contributed by atoms with Crippen LogP contribution in [0.25, 0.3) is 0 Å². The second-order valence-electron chi connectivity index (χ2n) is 5.59. The number of carbonyl (C=O) groups is 1. The van der Waals surface area contributed by atoms with E-state index in [1.165, 1.54) is 0 Å². The molecular formula is C17H18N2O4S. The van der Waals surface area contributed by atoms with E-state index in [2.05, 4.69) is 4.98 Å². The summed E-state index contributed by atoms with van der Waals surface area (Å²) in [7, 11) is -3.42. The number of rotatable bonds is 6. The molecule has 0 saturated carbocycles. The number of hydrogen-bond acceptors (Lipinski definition) is 5. The van der Waals surface area contributed by atoms with Crippen LogP contribution in [-0.4, -0.2) is 49.2 Å². The van der Waals surface area contributed by atoms with Gasteiger partial charge < -0.3 is 9.64 Å². The maximum Gasteiger partial charge on any atom is 0.223 e. The lowest BCUT2D eigenvalue weighted by molar-refractivity contribution is -0.139. The molecular weight excluding hydrogens is 328 g/mol. The van der Waals surface area contributed by atoms with Gasteiger partial charge in [0.15, 0.2) is 9.84 Å². The van der Waals surface area contributed by atoms with Crippen molar-refractivity contribution in [3.63, 3.8) is 0 Å². The van der Waals surface area contributed by atoms with Crippen LogP contribution in [0.4, 0.5) is 0 Å². The minimum atomic E-state index is -3.42. The molecule has 1 fully saturated rings. The van der Waals surface area contributed by atoms with Crippen molar-refractivity contribution in [1.29, 1.82) is 0 Å². The van der Waals surface area contributed by atoms with E-state index in [9.17, 15) is 13.2 Å². The average Bonchev–Trinajstić information content (AvgIpc) is 2.57. The van der Waals surface area contributed by atoms with Crippen molar-refractivity contribution in [2.45, 2.75) is 17.4 Å². The van der Waals surface area contributed by atoms with Crippen LogP contribution < -0.4 is 4.74 Å². The van der Waals surface area contributed by atoms with Crippen molar-refractivity contribution >= 4 is 15.7 Å². The fourth-order valence-corrected chi connectivity index (χ4v) is 3.68. The largest absolute Gasteiger partial charge is 0.471 e. The minimum Gasteiger partial charge on any atom is -0.471 e. The summed E-state index contributed by atoms with van der Waals surface area (Å²) in [5.74, 6) is 0.176. The third-order valence-electron chi connectivity index (χ3n) is 3.81. The van der Waals surface area contributed by atoms with Crippen molar-refractivity contribution in [3.05, 3.63) is 54.7 Å². The molecule has 6 nitrogen and oxygen atoms in total. The molecule has 1 aliphatic heterocycles. The van der Waals surface area contributed by atoms with E-state index in [1.54, 1.807) is 53.6 Å². The first-order valence-electron chi connectivity index (χ1n) is 7.68. The highest BCUT2D eigenvalue weighted by Gasteiger charge is 2.32. The molecule has 2 aromatic rings. The van der Waals surface area contributed by atoms with E-state index in [-0.39, 0.29) is 29.1 Å². The summed E-state index contributed by atoms with van der Waals surface area (Å²) in [5.41, 5.74) is 0. The molecule has 7 heteroatoms. The van der Waals surface area contributed by atoms with E-state index in [4.69, 9.17) is 4.74 Å². The zero-order valence-corrected chi connectivity index (χ0v) is 13.9. The van der Waals surface area contributed by atoms with Gasteiger partial charge in [-0.15, -0.1) is 0 Å². The van der Waals surface area contributed by atoms with Gasteiger partial charge in [-0.3, -0.25) is 4.79 Å². The van der Waals surface area contributed by atoms with Crippen molar-refractivity contribution < 1.29 is 17.9 Å². The van der Waals surface area contributed by atoms with E-state index in [0.29, 0.717) is 19.0 Å². The van der Waals surface area contributed by atoms with Crippen molar-refractivity contribution in [2.24, 2.45) is 0 Å². The number of likely N-dealkylation sites (tertiary alicyclic amines) is 1. The van der Waals surface area contributed by atoms with E-state index in [0.717, 1.165) is 0 Å². The average molecular weight is 346 g/mol. The van der Waals surface area contributed by atoms with Gasteiger partial charge in [-0.05, 0) is 18.2 Å². The molecule has 1 aliphatic rings. The number of sulfone groups is 1. The molecule has 0 radical (unpaired) electrons. The molecule has 1 amide bonds. The first kappa shape index (κ1) is 16.4. The Kier molecular flexibility index (Phi) is 4.80. The maximum absolute atomic E-state index is 12.2. The Balaban J connectivity index is 1.46. The Morgan fingerprint density at radius 2 is 1.83 bits per heavy atom. The Labute approximate surface area is 141 Å². The Bertz CT molecular complexity index is 788. The SMILES string of the molecule is O=C(CCS(=O)(=O)c1ccccc1)N1CC(Oc2ccccn2)C1. The van der Waals surface area contributed by atoms with Crippen LogP contribution in [0.1, 0.15) is 6.42 Å². The zero-order valence-electron chi connectivity index (χ0n) is 13.0. The van der Waals surface area contributed by atoms with Gasteiger partial charge in [-0.25, -0.2) is 13.4 Å². The lowest BCUT2D eigenvalue weighted by Gasteiger charge is -2.38. The molecule has 0 N–H and O–H groups in total. The van der Waals surface area contributed by atoms with Gasteiger partial charge in [-0.1, -0.05) is 24.3 Å². The topological polar surface area (TPSA) is 76.6 Å². The highest BCUT2D eigenvalue weighted by Crippen LogP contribution is 2.17. The van der Waals surface area contributed by atoms with Crippen LogP contribution in [-0.2, 0) is 14.6 Å². The molecule has 0 bridgehead atoms. The number of amides is 1. The summed E-state index contributed by atoms with van der Waals surface area (Å²) in [6, 6.07) is 13.6. The van der Waals surface area contributed by atoms with Crippen LogP contribution >= 0.6 is 0 Å². The summed E-state index contributed by atoms with van der Waals surface area (Å²) >= 11 is 0. The van der Waals surface area contributed by atoms with Gasteiger partial charge >= 0.3 is 0 Å². The van der Waals surface area contributed by atoms with Gasteiger partial charge in [-0.2, -0.15) is 0 Å². The first-order valence-corrected chi connectivity index (χ1v) is 9.33. The van der Waals surface area contributed by atoms with Crippen molar-refractivity contribution in [3.8, 4) is 5.88 Å². The maximum atomic E-state index is 12.2. The molecule has 0 aliphatic carbocycles. The summed E-state index contributed by atoms with van der Waals surface area (Å²) in [6.45, 7) is 0.918. The van der Waals surface area contributed by atoms with E-state index in [1.807, 2.05) is 6.07 Å². The molecule has 3 rings (SSSR count). The summed E-state index contributed by atoms with van der Waals surface area (Å²) < 4.78 is 30.0. The minimum absolute atomic E-state index is 0.0203. The zero-order chi connectivity index (χ0) is 17.0. The smallest absolute Gasteiger partial charge is 0.223 e. The molecule has 0 unspecified atom stereocenters.